The number of fused-ring (bicyclic) bond motifs is 1. The first-order chi connectivity index (χ1) is 16.6. The van der Waals surface area contributed by atoms with E-state index in [9.17, 15) is 14.7 Å². The van der Waals surface area contributed by atoms with Crippen LogP contribution in [0, 0.1) is 0 Å². The number of rotatable bonds is 6. The van der Waals surface area contributed by atoms with Gasteiger partial charge in [-0.05, 0) is 11.6 Å². The van der Waals surface area contributed by atoms with Crippen molar-refractivity contribution in [1.29, 1.82) is 0 Å². The molecule has 1 aliphatic rings. The molecule has 1 saturated heterocycles. The summed E-state index contributed by atoms with van der Waals surface area (Å²) in [6.45, 7) is 2.43. The smallest absolute Gasteiger partial charge is 0.336 e. The molecule has 0 unspecified atom stereocenters. The predicted molar refractivity (Wildman–Crippen MR) is 131 cm³/mol. The Labute approximate surface area is 198 Å². The first-order valence-electron chi connectivity index (χ1n) is 11.3. The van der Waals surface area contributed by atoms with E-state index in [1.165, 1.54) is 0 Å². The maximum Gasteiger partial charge on any atom is 0.336 e. The Morgan fingerprint density at radius 3 is 2.24 bits per heavy atom. The van der Waals surface area contributed by atoms with Crippen molar-refractivity contribution in [2.24, 2.45) is 0 Å². The van der Waals surface area contributed by atoms with Crippen LogP contribution < -0.4 is 0 Å². The largest absolute Gasteiger partial charge is 0.478 e. The van der Waals surface area contributed by atoms with Crippen LogP contribution in [0.4, 0.5) is 0 Å². The van der Waals surface area contributed by atoms with Gasteiger partial charge in [0.25, 0.3) is 0 Å². The van der Waals surface area contributed by atoms with Gasteiger partial charge in [-0.2, -0.15) is 0 Å². The lowest BCUT2D eigenvalue weighted by atomic mass is 9.96. The lowest BCUT2D eigenvalue weighted by Gasteiger charge is -2.35. The van der Waals surface area contributed by atoms with Gasteiger partial charge in [-0.15, -0.1) is 0 Å². The van der Waals surface area contributed by atoms with Crippen molar-refractivity contribution in [2.75, 3.05) is 19.6 Å². The highest BCUT2D eigenvalue weighted by Crippen LogP contribution is 2.31. The molecule has 1 fully saturated rings. The Morgan fingerprint density at radius 2 is 1.53 bits per heavy atom. The van der Waals surface area contributed by atoms with Gasteiger partial charge in [-0.25, -0.2) is 9.78 Å². The van der Waals surface area contributed by atoms with Crippen molar-refractivity contribution < 1.29 is 14.7 Å². The first kappa shape index (κ1) is 21.8. The fourth-order valence-corrected chi connectivity index (χ4v) is 4.57. The number of hydrogen-bond donors (Lipinski definition) is 1. The standard InChI is InChI=1S/C28H25N3O3/c32-25-19-30(15-16-31(25)17-20-9-3-1-4-10-20)18-23-26(28(33)34)22-13-7-8-14-24(22)29-27(23)21-11-5-2-6-12-21/h1-14H,15-19H2,(H,33,34). The monoisotopic (exact) mass is 451 g/mol. The number of nitrogens with zero attached hydrogens (tertiary/aromatic N) is 3. The Balaban J connectivity index is 1.48. The van der Waals surface area contributed by atoms with Gasteiger partial charge in [0.1, 0.15) is 0 Å². The number of hydrogen-bond acceptors (Lipinski definition) is 4. The van der Waals surface area contributed by atoms with Crippen LogP contribution in [0.2, 0.25) is 0 Å². The summed E-state index contributed by atoms with van der Waals surface area (Å²) in [5.41, 5.74) is 4.15. The number of aromatic carboxylic acids is 1. The lowest BCUT2D eigenvalue weighted by molar-refractivity contribution is -0.136. The average Bonchev–Trinajstić information content (AvgIpc) is 2.86. The number of carboxylic acids is 1. The molecule has 0 bridgehead atoms. The molecule has 6 heteroatoms. The van der Waals surface area contributed by atoms with E-state index >= 15 is 0 Å². The van der Waals surface area contributed by atoms with Crippen molar-refractivity contribution in [3.05, 3.63) is 102 Å². The zero-order valence-corrected chi connectivity index (χ0v) is 18.7. The number of aromatic nitrogens is 1. The first-order valence-corrected chi connectivity index (χ1v) is 11.3. The van der Waals surface area contributed by atoms with Gasteiger partial charge >= 0.3 is 5.97 Å². The molecule has 5 rings (SSSR count). The van der Waals surface area contributed by atoms with Gasteiger partial charge in [0.05, 0.1) is 23.3 Å². The Hall–Kier alpha value is -4.03. The number of piperazine rings is 1. The number of amides is 1. The fraction of sp³-hybridized carbons (Fsp3) is 0.179. The topological polar surface area (TPSA) is 73.7 Å². The zero-order valence-electron chi connectivity index (χ0n) is 18.7. The van der Waals surface area contributed by atoms with Crippen LogP contribution in [0.1, 0.15) is 21.5 Å². The van der Waals surface area contributed by atoms with E-state index in [0.717, 1.165) is 11.1 Å². The van der Waals surface area contributed by atoms with Crippen molar-refractivity contribution in [3.8, 4) is 11.3 Å². The van der Waals surface area contributed by atoms with E-state index in [1.807, 2.05) is 88.7 Å². The summed E-state index contributed by atoms with van der Waals surface area (Å²) in [5.74, 6) is -0.943. The third-order valence-electron chi connectivity index (χ3n) is 6.25. The van der Waals surface area contributed by atoms with E-state index < -0.39 is 5.97 Å². The quantitative estimate of drug-likeness (QED) is 0.469. The van der Waals surface area contributed by atoms with Crippen LogP contribution in [0.25, 0.3) is 22.2 Å². The second-order valence-electron chi connectivity index (χ2n) is 8.51. The molecule has 0 radical (unpaired) electrons. The maximum absolute atomic E-state index is 12.9. The summed E-state index contributed by atoms with van der Waals surface area (Å²) < 4.78 is 0. The van der Waals surface area contributed by atoms with Gasteiger partial charge in [-0.1, -0.05) is 78.9 Å². The van der Waals surface area contributed by atoms with Crippen LogP contribution in [-0.4, -0.2) is 51.4 Å². The summed E-state index contributed by atoms with van der Waals surface area (Å²) in [6.07, 6.45) is 0. The molecule has 34 heavy (non-hydrogen) atoms. The molecule has 3 aromatic carbocycles. The summed E-state index contributed by atoms with van der Waals surface area (Å²) >= 11 is 0. The van der Waals surface area contributed by atoms with E-state index in [0.29, 0.717) is 48.3 Å². The molecule has 1 N–H and O–H groups in total. The molecule has 1 aliphatic heterocycles. The molecular weight excluding hydrogens is 426 g/mol. The minimum absolute atomic E-state index is 0.0435. The summed E-state index contributed by atoms with van der Waals surface area (Å²) in [6, 6.07) is 26.9. The van der Waals surface area contributed by atoms with Crippen LogP contribution in [0.3, 0.4) is 0 Å². The normalized spacial score (nSPS) is 14.5. The molecular formula is C28H25N3O3. The van der Waals surface area contributed by atoms with E-state index in [1.54, 1.807) is 6.07 Å². The third kappa shape index (κ3) is 4.40. The highest BCUT2D eigenvalue weighted by molar-refractivity contribution is 6.05. The molecule has 0 atom stereocenters. The predicted octanol–water partition coefficient (Wildman–Crippen LogP) is 4.44. The van der Waals surface area contributed by atoms with Crippen molar-refractivity contribution in [1.82, 2.24) is 14.8 Å². The molecule has 4 aromatic rings. The van der Waals surface area contributed by atoms with Crippen LogP contribution in [-0.2, 0) is 17.9 Å². The number of para-hydroxylation sites is 1. The average molecular weight is 452 g/mol. The molecule has 170 valence electrons. The number of benzene rings is 3. The number of pyridine rings is 1. The molecule has 1 aromatic heterocycles. The Bertz CT molecular complexity index is 1340. The third-order valence-corrected chi connectivity index (χ3v) is 6.25. The van der Waals surface area contributed by atoms with Crippen LogP contribution in [0.15, 0.2) is 84.9 Å². The second kappa shape index (κ2) is 9.45. The van der Waals surface area contributed by atoms with Crippen molar-refractivity contribution >= 4 is 22.8 Å². The maximum atomic E-state index is 12.9. The van der Waals surface area contributed by atoms with E-state index in [4.69, 9.17) is 4.98 Å². The van der Waals surface area contributed by atoms with Gasteiger partial charge in [0, 0.05) is 42.7 Å². The van der Waals surface area contributed by atoms with Gasteiger partial charge in [0.15, 0.2) is 0 Å². The van der Waals surface area contributed by atoms with Gasteiger partial charge < -0.3 is 10.0 Å². The highest BCUT2D eigenvalue weighted by Gasteiger charge is 2.28. The second-order valence-corrected chi connectivity index (χ2v) is 8.51. The van der Waals surface area contributed by atoms with Crippen molar-refractivity contribution in [2.45, 2.75) is 13.1 Å². The van der Waals surface area contributed by atoms with Gasteiger partial charge in [0.2, 0.25) is 5.91 Å². The number of carboxylic acid groups (broad SMARTS) is 1. The molecule has 0 spiro atoms. The van der Waals surface area contributed by atoms with Crippen LogP contribution in [0.5, 0.6) is 0 Å². The summed E-state index contributed by atoms with van der Waals surface area (Å²) in [4.78, 5) is 34.1. The van der Waals surface area contributed by atoms with Gasteiger partial charge in [-0.3, -0.25) is 9.69 Å². The van der Waals surface area contributed by atoms with E-state index in [-0.39, 0.29) is 18.0 Å². The molecule has 0 aliphatic carbocycles. The number of carbonyl (C=O) groups is 2. The number of carbonyl (C=O) groups excluding carboxylic acids is 1. The van der Waals surface area contributed by atoms with E-state index in [2.05, 4.69) is 0 Å². The molecule has 2 heterocycles. The lowest BCUT2D eigenvalue weighted by Crippen LogP contribution is -2.49. The molecule has 1 amide bonds. The Kier molecular flexibility index (Phi) is 6.06. The van der Waals surface area contributed by atoms with Crippen molar-refractivity contribution in [3.63, 3.8) is 0 Å². The highest BCUT2D eigenvalue weighted by atomic mass is 16.4. The summed E-state index contributed by atoms with van der Waals surface area (Å²) in [7, 11) is 0. The summed E-state index contributed by atoms with van der Waals surface area (Å²) in [5, 5.41) is 10.8. The minimum atomic E-state index is -0.986. The molecule has 0 saturated carbocycles. The van der Waals surface area contributed by atoms with Crippen LogP contribution >= 0.6 is 0 Å². The minimum Gasteiger partial charge on any atom is -0.478 e. The zero-order chi connectivity index (χ0) is 23.5. The SMILES string of the molecule is O=C(O)c1c(CN2CCN(Cc3ccccc3)C(=O)C2)c(-c2ccccc2)nc2ccccc12. The fourth-order valence-electron chi connectivity index (χ4n) is 4.57. The Morgan fingerprint density at radius 1 is 0.853 bits per heavy atom. The molecule has 6 nitrogen and oxygen atoms in total.